The predicted octanol–water partition coefficient (Wildman–Crippen LogP) is 2.70. The van der Waals surface area contributed by atoms with Crippen molar-refractivity contribution in [2.45, 2.75) is 6.92 Å². The van der Waals surface area contributed by atoms with Crippen LogP contribution in [0.15, 0.2) is 29.1 Å². The lowest BCUT2D eigenvalue weighted by atomic mass is 10.1. The van der Waals surface area contributed by atoms with Crippen LogP contribution in [-0.2, 0) is 0 Å². The lowest BCUT2D eigenvalue weighted by Gasteiger charge is -2.01. The van der Waals surface area contributed by atoms with Crippen molar-refractivity contribution in [3.05, 3.63) is 35.2 Å². The van der Waals surface area contributed by atoms with E-state index in [9.17, 15) is 0 Å². The van der Waals surface area contributed by atoms with Crippen LogP contribution in [0.25, 0.3) is 11.4 Å². The van der Waals surface area contributed by atoms with Crippen LogP contribution >= 0.6 is 11.6 Å². The lowest BCUT2D eigenvalue weighted by Crippen LogP contribution is -1.85. The van der Waals surface area contributed by atoms with Crippen LogP contribution in [0.3, 0.4) is 0 Å². The Hall–Kier alpha value is -1.35. The highest BCUT2D eigenvalue weighted by Gasteiger charge is 2.07. The van der Waals surface area contributed by atoms with Crippen molar-refractivity contribution >= 4 is 11.6 Å². The Morgan fingerprint density at radius 3 is 2.92 bits per heavy atom. The first-order valence-corrected chi connectivity index (χ1v) is 4.18. The quantitative estimate of drug-likeness (QED) is 0.701. The molecule has 2 aromatic rings. The molecule has 0 aliphatic carbocycles. The SMILES string of the molecule is Cc1c(Cl)cccc1-c1ncon1. The number of hydrogen-bond donors (Lipinski definition) is 0. The van der Waals surface area contributed by atoms with Crippen molar-refractivity contribution in [2.24, 2.45) is 0 Å². The van der Waals surface area contributed by atoms with Gasteiger partial charge in [0, 0.05) is 10.6 Å². The topological polar surface area (TPSA) is 38.9 Å². The van der Waals surface area contributed by atoms with Crippen molar-refractivity contribution in [1.82, 2.24) is 10.1 Å². The maximum absolute atomic E-state index is 5.94. The lowest BCUT2D eigenvalue weighted by molar-refractivity contribution is 0.418. The van der Waals surface area contributed by atoms with Crippen molar-refractivity contribution in [2.75, 3.05) is 0 Å². The first-order valence-electron chi connectivity index (χ1n) is 3.81. The number of nitrogens with zero attached hydrogens (tertiary/aromatic N) is 2. The number of rotatable bonds is 1. The molecule has 0 radical (unpaired) electrons. The molecule has 0 aliphatic rings. The molecule has 13 heavy (non-hydrogen) atoms. The van der Waals surface area contributed by atoms with Gasteiger partial charge < -0.3 is 4.52 Å². The van der Waals surface area contributed by atoms with Gasteiger partial charge in [0.25, 0.3) is 0 Å². The van der Waals surface area contributed by atoms with Crippen LogP contribution in [0.4, 0.5) is 0 Å². The second-order valence-corrected chi connectivity index (χ2v) is 3.07. The summed E-state index contributed by atoms with van der Waals surface area (Å²) in [5.74, 6) is 0.569. The molecule has 4 heteroatoms. The number of hydrogen-bond acceptors (Lipinski definition) is 3. The molecule has 2 rings (SSSR count). The van der Waals surface area contributed by atoms with Crippen LogP contribution in [0.5, 0.6) is 0 Å². The molecule has 3 nitrogen and oxygen atoms in total. The normalized spacial score (nSPS) is 10.3. The molecular formula is C9H7ClN2O. The Balaban J connectivity index is 2.59. The molecule has 0 spiro atoms. The molecule has 1 heterocycles. The maximum Gasteiger partial charge on any atom is 0.214 e. The standard InChI is InChI=1S/C9H7ClN2O/c1-6-7(3-2-4-8(6)10)9-11-5-13-12-9/h2-5H,1H3. The van der Waals surface area contributed by atoms with Gasteiger partial charge in [0.05, 0.1) is 0 Å². The molecule has 1 aromatic carbocycles. The fraction of sp³-hybridized carbons (Fsp3) is 0.111. The summed E-state index contributed by atoms with van der Waals surface area (Å²) >= 11 is 5.94. The van der Waals surface area contributed by atoms with Crippen LogP contribution in [0.2, 0.25) is 5.02 Å². The second-order valence-electron chi connectivity index (χ2n) is 2.67. The smallest absolute Gasteiger partial charge is 0.214 e. The third kappa shape index (κ3) is 1.42. The highest BCUT2D eigenvalue weighted by Crippen LogP contribution is 2.25. The van der Waals surface area contributed by atoms with E-state index in [0.717, 1.165) is 11.1 Å². The van der Waals surface area contributed by atoms with Gasteiger partial charge in [-0.25, -0.2) is 0 Å². The van der Waals surface area contributed by atoms with Crippen molar-refractivity contribution in [3.8, 4) is 11.4 Å². The fourth-order valence-corrected chi connectivity index (χ4v) is 1.31. The highest BCUT2D eigenvalue weighted by atomic mass is 35.5. The zero-order valence-corrected chi connectivity index (χ0v) is 7.75. The van der Waals surface area contributed by atoms with Gasteiger partial charge in [-0.15, -0.1) is 0 Å². The minimum absolute atomic E-state index is 0.569. The van der Waals surface area contributed by atoms with Gasteiger partial charge in [0.15, 0.2) is 0 Å². The fourth-order valence-electron chi connectivity index (χ4n) is 1.14. The predicted molar refractivity (Wildman–Crippen MR) is 49.5 cm³/mol. The van der Waals surface area contributed by atoms with E-state index in [1.54, 1.807) is 0 Å². The summed E-state index contributed by atoms with van der Waals surface area (Å²) in [5, 5.41) is 4.45. The summed E-state index contributed by atoms with van der Waals surface area (Å²) in [6.07, 6.45) is 1.30. The minimum atomic E-state index is 0.569. The summed E-state index contributed by atoms with van der Waals surface area (Å²) in [7, 11) is 0. The summed E-state index contributed by atoms with van der Waals surface area (Å²) in [4.78, 5) is 3.95. The van der Waals surface area contributed by atoms with E-state index < -0.39 is 0 Å². The zero-order chi connectivity index (χ0) is 9.26. The van der Waals surface area contributed by atoms with E-state index in [1.165, 1.54) is 6.39 Å². The maximum atomic E-state index is 5.94. The molecule has 1 aromatic heterocycles. The monoisotopic (exact) mass is 194 g/mol. The third-order valence-electron chi connectivity index (χ3n) is 1.87. The van der Waals surface area contributed by atoms with E-state index in [2.05, 4.69) is 14.7 Å². The molecule has 0 aliphatic heterocycles. The molecule has 0 unspecified atom stereocenters. The summed E-state index contributed by atoms with van der Waals surface area (Å²) < 4.78 is 4.66. The van der Waals surface area contributed by atoms with Gasteiger partial charge in [-0.1, -0.05) is 28.9 Å². The van der Waals surface area contributed by atoms with Gasteiger partial charge >= 0.3 is 0 Å². The van der Waals surface area contributed by atoms with Crippen LogP contribution in [-0.4, -0.2) is 10.1 Å². The van der Waals surface area contributed by atoms with Gasteiger partial charge in [-0.2, -0.15) is 4.98 Å². The Kier molecular flexibility index (Phi) is 2.02. The Morgan fingerprint density at radius 2 is 2.23 bits per heavy atom. The van der Waals surface area contributed by atoms with Gasteiger partial charge in [-0.05, 0) is 18.6 Å². The Bertz CT molecular complexity index is 412. The van der Waals surface area contributed by atoms with E-state index in [4.69, 9.17) is 11.6 Å². The van der Waals surface area contributed by atoms with E-state index >= 15 is 0 Å². The largest absolute Gasteiger partial charge is 0.342 e. The number of halogens is 1. The van der Waals surface area contributed by atoms with Crippen LogP contribution in [0, 0.1) is 6.92 Å². The van der Waals surface area contributed by atoms with E-state index in [1.807, 2.05) is 25.1 Å². The highest BCUT2D eigenvalue weighted by molar-refractivity contribution is 6.31. The second kappa shape index (κ2) is 3.18. The molecule has 0 N–H and O–H groups in total. The van der Waals surface area contributed by atoms with Crippen molar-refractivity contribution in [1.29, 1.82) is 0 Å². The molecule has 0 saturated carbocycles. The van der Waals surface area contributed by atoms with Crippen molar-refractivity contribution < 1.29 is 4.52 Å². The average molecular weight is 195 g/mol. The molecule has 0 atom stereocenters. The number of benzene rings is 1. The molecule has 0 saturated heterocycles. The Labute approximate surface area is 80.3 Å². The van der Waals surface area contributed by atoms with Gasteiger partial charge in [-0.3, -0.25) is 0 Å². The first kappa shape index (κ1) is 8.26. The molecule has 0 bridgehead atoms. The summed E-state index contributed by atoms with van der Waals surface area (Å²) in [5.41, 5.74) is 1.87. The third-order valence-corrected chi connectivity index (χ3v) is 2.28. The van der Waals surface area contributed by atoms with Crippen LogP contribution in [0.1, 0.15) is 5.56 Å². The van der Waals surface area contributed by atoms with Gasteiger partial charge in [0.2, 0.25) is 12.2 Å². The average Bonchev–Trinajstić information content (AvgIpc) is 2.62. The Morgan fingerprint density at radius 1 is 1.38 bits per heavy atom. The van der Waals surface area contributed by atoms with Gasteiger partial charge in [0.1, 0.15) is 0 Å². The molecule has 0 amide bonds. The number of aromatic nitrogens is 2. The van der Waals surface area contributed by atoms with Crippen molar-refractivity contribution in [3.63, 3.8) is 0 Å². The van der Waals surface area contributed by atoms with E-state index in [0.29, 0.717) is 10.8 Å². The van der Waals surface area contributed by atoms with Crippen LogP contribution < -0.4 is 0 Å². The van der Waals surface area contributed by atoms with E-state index in [-0.39, 0.29) is 0 Å². The first-order chi connectivity index (χ1) is 6.29. The molecule has 66 valence electrons. The summed E-state index contributed by atoms with van der Waals surface area (Å²) in [6.45, 7) is 1.92. The minimum Gasteiger partial charge on any atom is -0.342 e. The zero-order valence-electron chi connectivity index (χ0n) is 6.99. The summed E-state index contributed by atoms with van der Waals surface area (Å²) in [6, 6.07) is 5.60. The molecule has 0 fully saturated rings. The molecular weight excluding hydrogens is 188 g/mol.